The molecular weight excluding hydrogens is 512 g/mol. The summed E-state index contributed by atoms with van der Waals surface area (Å²) in [4.78, 5) is 0. The molecule has 5 saturated carbocycles. The lowest BCUT2D eigenvalue weighted by Gasteiger charge is -2.73. The Balaban J connectivity index is 1.27. The van der Waals surface area contributed by atoms with Gasteiger partial charge in [0.15, 0.2) is 6.29 Å². The summed E-state index contributed by atoms with van der Waals surface area (Å²) >= 11 is 0. The molecule has 3 N–H and O–H groups in total. The SMILES string of the molecule is C=C(C)[C@@H]1CC[C@]2(CO)CC[C@]3(C)[C@H](CC[C@@H]4[C@@]5(C)CCC(O[C@@H]6C[C@@H](O)O[C@@H](C)[C@H]6O)C(C)(C)[C@@H]5CC[C@]43C)[C@@H]12. The van der Waals surface area contributed by atoms with Crippen molar-refractivity contribution >= 4 is 0 Å². The van der Waals surface area contributed by atoms with Gasteiger partial charge >= 0.3 is 0 Å². The quantitative estimate of drug-likeness (QED) is 0.320. The first-order valence-corrected chi connectivity index (χ1v) is 17.1. The predicted octanol–water partition coefficient (Wildman–Crippen LogP) is 6.88. The maximum absolute atomic E-state index is 10.8. The number of rotatable bonds is 4. The Kier molecular flexibility index (Phi) is 7.47. The predicted molar refractivity (Wildman–Crippen MR) is 162 cm³/mol. The Morgan fingerprint density at radius 3 is 2.29 bits per heavy atom. The Bertz CT molecular complexity index is 1030. The van der Waals surface area contributed by atoms with Crippen LogP contribution in [0.3, 0.4) is 0 Å². The lowest BCUT2D eigenvalue weighted by molar-refractivity contribution is -0.278. The van der Waals surface area contributed by atoms with Gasteiger partial charge in [0.1, 0.15) is 6.10 Å². The van der Waals surface area contributed by atoms with Crippen molar-refractivity contribution in [3.05, 3.63) is 12.2 Å². The fraction of sp³-hybridized carbons (Fsp3) is 0.944. The molecule has 5 nitrogen and oxygen atoms in total. The summed E-state index contributed by atoms with van der Waals surface area (Å²) in [5, 5.41) is 31.9. The second-order valence-electron chi connectivity index (χ2n) is 17.3. The van der Waals surface area contributed by atoms with Gasteiger partial charge in [-0.1, -0.05) is 46.8 Å². The van der Waals surface area contributed by atoms with Crippen molar-refractivity contribution in [2.24, 2.45) is 56.7 Å². The smallest absolute Gasteiger partial charge is 0.157 e. The normalized spacial score (nSPS) is 56.2. The van der Waals surface area contributed by atoms with Gasteiger partial charge in [-0.3, -0.25) is 0 Å². The molecule has 0 aromatic carbocycles. The monoisotopic (exact) mass is 572 g/mol. The fourth-order valence-electron chi connectivity index (χ4n) is 13.1. The van der Waals surface area contributed by atoms with Gasteiger partial charge < -0.3 is 24.8 Å². The number of ether oxygens (including phenoxy) is 2. The van der Waals surface area contributed by atoms with Crippen molar-refractivity contribution in [2.45, 2.75) is 150 Å². The molecule has 41 heavy (non-hydrogen) atoms. The van der Waals surface area contributed by atoms with E-state index >= 15 is 0 Å². The van der Waals surface area contributed by atoms with Gasteiger partial charge in [-0.15, -0.1) is 0 Å². The molecule has 1 heterocycles. The van der Waals surface area contributed by atoms with Crippen LogP contribution in [0, 0.1) is 56.7 Å². The van der Waals surface area contributed by atoms with Gasteiger partial charge in [-0.2, -0.15) is 0 Å². The van der Waals surface area contributed by atoms with Crippen LogP contribution in [0.25, 0.3) is 0 Å². The Labute approximate surface area is 249 Å². The Hall–Kier alpha value is -0.460. The highest BCUT2D eigenvalue weighted by Crippen LogP contribution is 2.77. The maximum atomic E-state index is 10.8. The van der Waals surface area contributed by atoms with Crippen LogP contribution >= 0.6 is 0 Å². The van der Waals surface area contributed by atoms with Crippen LogP contribution in [0.15, 0.2) is 12.2 Å². The van der Waals surface area contributed by atoms with E-state index in [1.807, 2.05) is 6.92 Å². The third-order valence-corrected chi connectivity index (χ3v) is 15.5. The van der Waals surface area contributed by atoms with Crippen molar-refractivity contribution in [3.8, 4) is 0 Å². The molecule has 0 radical (unpaired) electrons. The molecule has 1 saturated heterocycles. The number of fused-ring (bicyclic) bond motifs is 7. The first-order valence-electron chi connectivity index (χ1n) is 17.1. The van der Waals surface area contributed by atoms with E-state index in [4.69, 9.17) is 9.47 Å². The van der Waals surface area contributed by atoms with Gasteiger partial charge in [-0.05, 0) is 135 Å². The van der Waals surface area contributed by atoms with Crippen molar-refractivity contribution in [1.82, 2.24) is 0 Å². The number of aliphatic hydroxyl groups is 3. The average Bonchev–Trinajstić information content (AvgIpc) is 3.29. The van der Waals surface area contributed by atoms with E-state index in [-0.39, 0.29) is 28.5 Å². The highest BCUT2D eigenvalue weighted by atomic mass is 16.6. The lowest BCUT2D eigenvalue weighted by Crippen LogP contribution is -2.67. The zero-order valence-corrected chi connectivity index (χ0v) is 27.1. The highest BCUT2D eigenvalue weighted by Gasteiger charge is 2.71. The molecule has 6 fully saturated rings. The molecule has 1 aliphatic heterocycles. The molecule has 0 spiro atoms. The van der Waals surface area contributed by atoms with Gasteiger partial charge in [0.2, 0.25) is 0 Å². The zero-order valence-electron chi connectivity index (χ0n) is 27.1. The van der Waals surface area contributed by atoms with Crippen LogP contribution in [0.4, 0.5) is 0 Å². The van der Waals surface area contributed by atoms with E-state index in [9.17, 15) is 15.3 Å². The summed E-state index contributed by atoms with van der Waals surface area (Å²) in [6.07, 6.45) is 10.1. The Morgan fingerprint density at radius 2 is 1.61 bits per heavy atom. The second kappa shape index (κ2) is 10.0. The van der Waals surface area contributed by atoms with Gasteiger partial charge in [-0.25, -0.2) is 0 Å². The summed E-state index contributed by atoms with van der Waals surface area (Å²) in [7, 11) is 0. The van der Waals surface area contributed by atoms with Crippen LogP contribution < -0.4 is 0 Å². The van der Waals surface area contributed by atoms with E-state index in [0.29, 0.717) is 53.4 Å². The van der Waals surface area contributed by atoms with E-state index in [1.165, 1.54) is 63.4 Å². The number of aliphatic hydroxyl groups excluding tert-OH is 3. The molecule has 0 bridgehead atoms. The maximum Gasteiger partial charge on any atom is 0.157 e. The number of hydrogen-bond acceptors (Lipinski definition) is 5. The lowest BCUT2D eigenvalue weighted by atomic mass is 9.32. The van der Waals surface area contributed by atoms with E-state index in [2.05, 4.69) is 48.1 Å². The second-order valence-corrected chi connectivity index (χ2v) is 17.3. The summed E-state index contributed by atoms with van der Waals surface area (Å²) in [6, 6.07) is 0. The van der Waals surface area contributed by atoms with Crippen molar-refractivity contribution < 1.29 is 24.8 Å². The largest absolute Gasteiger partial charge is 0.396 e. The molecule has 5 heteroatoms. The van der Waals surface area contributed by atoms with Crippen molar-refractivity contribution in [1.29, 1.82) is 0 Å². The molecule has 6 aliphatic rings. The molecule has 0 aromatic heterocycles. The van der Waals surface area contributed by atoms with Crippen molar-refractivity contribution in [3.63, 3.8) is 0 Å². The molecule has 1 unspecified atom stereocenters. The fourth-order valence-corrected chi connectivity index (χ4v) is 13.1. The van der Waals surface area contributed by atoms with E-state index in [1.54, 1.807) is 0 Å². The Morgan fingerprint density at radius 1 is 0.878 bits per heavy atom. The molecular formula is C36H60O5. The molecule has 0 aromatic rings. The summed E-state index contributed by atoms with van der Waals surface area (Å²) in [6.45, 7) is 21.7. The van der Waals surface area contributed by atoms with Gasteiger partial charge in [0, 0.05) is 13.0 Å². The van der Waals surface area contributed by atoms with Crippen LogP contribution in [0.5, 0.6) is 0 Å². The van der Waals surface area contributed by atoms with Gasteiger partial charge in [0.05, 0.1) is 18.3 Å². The summed E-state index contributed by atoms with van der Waals surface area (Å²) < 4.78 is 12.2. The first-order chi connectivity index (χ1) is 19.1. The zero-order chi connectivity index (χ0) is 29.8. The molecule has 14 atom stereocenters. The average molecular weight is 573 g/mol. The van der Waals surface area contributed by atoms with Crippen LogP contribution in [0.1, 0.15) is 119 Å². The summed E-state index contributed by atoms with van der Waals surface area (Å²) in [5.74, 6) is 3.08. The first kappa shape index (κ1) is 30.6. The topological polar surface area (TPSA) is 79.2 Å². The minimum Gasteiger partial charge on any atom is -0.396 e. The molecule has 0 amide bonds. The van der Waals surface area contributed by atoms with Crippen LogP contribution in [0.2, 0.25) is 0 Å². The number of hydrogen-bond donors (Lipinski definition) is 3. The highest BCUT2D eigenvalue weighted by molar-refractivity contribution is 5.21. The van der Waals surface area contributed by atoms with E-state index < -0.39 is 18.5 Å². The third kappa shape index (κ3) is 4.17. The molecule has 5 aliphatic carbocycles. The minimum absolute atomic E-state index is 0.00654. The minimum atomic E-state index is -0.869. The number of allylic oxidation sites excluding steroid dienone is 1. The van der Waals surface area contributed by atoms with Crippen molar-refractivity contribution in [2.75, 3.05) is 6.61 Å². The summed E-state index contributed by atoms with van der Waals surface area (Å²) in [5.41, 5.74) is 2.30. The van der Waals surface area contributed by atoms with Gasteiger partial charge in [0.25, 0.3) is 0 Å². The van der Waals surface area contributed by atoms with E-state index in [0.717, 1.165) is 6.42 Å². The van der Waals surface area contributed by atoms with Crippen LogP contribution in [-0.2, 0) is 9.47 Å². The third-order valence-electron chi connectivity index (χ3n) is 15.5. The van der Waals surface area contributed by atoms with Crippen LogP contribution in [-0.4, -0.2) is 52.6 Å². The molecule has 6 rings (SSSR count). The standard InChI is InChI=1S/C36H60O5/c1-21(2)23-11-16-36(20-37)18-17-34(7)24(30(23)36)9-10-27-33(6)14-13-28(32(4,5)26(33)12-15-35(27,34)8)41-25-19-29(38)40-22(3)31(25)39/h22-31,37-39H,1,9-20H2,2-8H3/t22-,23-,24+,25+,26-,27+,28?,29-,30+,31+,33-,34+,35+,36+/m0/s1. The molecule has 234 valence electrons.